The zero-order chi connectivity index (χ0) is 29.7. The highest BCUT2D eigenvalue weighted by molar-refractivity contribution is 6.09. The zero-order valence-corrected chi connectivity index (χ0v) is 24.2. The molecule has 0 aliphatic carbocycles. The number of rotatable bonds is 4. The Morgan fingerprint density at radius 2 is 1.11 bits per heavy atom. The van der Waals surface area contributed by atoms with Crippen LogP contribution >= 0.6 is 0 Å². The first-order valence-electron chi connectivity index (χ1n) is 15.1. The number of aromatic nitrogens is 3. The summed E-state index contributed by atoms with van der Waals surface area (Å²) in [5.74, 6) is 2.61. The van der Waals surface area contributed by atoms with E-state index in [1.54, 1.807) is 0 Å². The number of hydrogen-bond donors (Lipinski definition) is 1. The van der Waals surface area contributed by atoms with E-state index in [4.69, 9.17) is 19.4 Å². The second-order valence-corrected chi connectivity index (χ2v) is 11.3. The number of furan rings is 1. The van der Waals surface area contributed by atoms with Gasteiger partial charge in [0.15, 0.2) is 17.5 Å². The Bertz CT molecular complexity index is 2440. The summed E-state index contributed by atoms with van der Waals surface area (Å²) in [6.45, 7) is 0.712. The Kier molecular flexibility index (Phi) is 5.81. The van der Waals surface area contributed by atoms with E-state index < -0.39 is 0 Å². The van der Waals surface area contributed by atoms with Gasteiger partial charge >= 0.3 is 0 Å². The molecule has 5 nitrogen and oxygen atoms in total. The Hall–Kier alpha value is -6.07. The molecule has 6 aromatic carbocycles. The lowest BCUT2D eigenvalue weighted by Gasteiger charge is -2.12. The SMILES string of the molecule is C1=Cc2c(oc3c(-c4ccc5ccccc5c4)ccc(-c4nc(-c5ccccc5)nc(-c5ccc6ccccc6c5)n4)c23)NC1. The molecule has 0 bridgehead atoms. The Morgan fingerprint density at radius 3 is 1.87 bits per heavy atom. The van der Waals surface area contributed by atoms with E-state index in [2.05, 4.69) is 115 Å². The van der Waals surface area contributed by atoms with Crippen molar-refractivity contribution in [3.8, 4) is 45.3 Å². The lowest BCUT2D eigenvalue weighted by molar-refractivity contribution is 0.629. The van der Waals surface area contributed by atoms with E-state index in [1.165, 1.54) is 16.2 Å². The van der Waals surface area contributed by atoms with Gasteiger partial charge in [0.1, 0.15) is 5.58 Å². The van der Waals surface area contributed by atoms with Gasteiger partial charge in [-0.15, -0.1) is 0 Å². The average molecular weight is 579 g/mol. The molecule has 9 rings (SSSR count). The molecule has 0 radical (unpaired) electrons. The van der Waals surface area contributed by atoms with E-state index in [0.717, 1.165) is 55.6 Å². The third kappa shape index (κ3) is 4.36. The number of anilines is 1. The van der Waals surface area contributed by atoms with Crippen LogP contribution in [0.25, 0.3) is 83.9 Å². The fourth-order valence-electron chi connectivity index (χ4n) is 6.29. The quantitative estimate of drug-likeness (QED) is 0.225. The predicted molar refractivity (Wildman–Crippen MR) is 184 cm³/mol. The fraction of sp³-hybridized carbons (Fsp3) is 0.0250. The number of nitrogens with zero attached hydrogens (tertiary/aromatic N) is 3. The van der Waals surface area contributed by atoms with Crippen LogP contribution in [-0.4, -0.2) is 21.5 Å². The molecular weight excluding hydrogens is 552 g/mol. The third-order valence-corrected chi connectivity index (χ3v) is 8.52. The van der Waals surface area contributed by atoms with Crippen LogP contribution in [0.15, 0.2) is 138 Å². The van der Waals surface area contributed by atoms with Crippen LogP contribution in [0.2, 0.25) is 0 Å². The molecular formula is C40H26N4O. The van der Waals surface area contributed by atoms with Crippen molar-refractivity contribution in [2.24, 2.45) is 0 Å². The molecule has 0 fully saturated rings. The van der Waals surface area contributed by atoms with Crippen molar-refractivity contribution in [2.45, 2.75) is 0 Å². The molecule has 5 heteroatoms. The smallest absolute Gasteiger partial charge is 0.201 e. The minimum atomic E-state index is 0.602. The third-order valence-electron chi connectivity index (χ3n) is 8.52. The van der Waals surface area contributed by atoms with Crippen molar-refractivity contribution in [3.05, 3.63) is 139 Å². The highest BCUT2D eigenvalue weighted by atomic mass is 16.4. The van der Waals surface area contributed by atoms with Gasteiger partial charge in [-0.3, -0.25) is 0 Å². The van der Waals surface area contributed by atoms with E-state index >= 15 is 0 Å². The Labute approximate surface area is 259 Å². The number of benzene rings is 6. The Balaban J connectivity index is 1.29. The average Bonchev–Trinajstić information content (AvgIpc) is 3.51. The number of nitrogens with one attached hydrogen (secondary N) is 1. The van der Waals surface area contributed by atoms with Crippen molar-refractivity contribution < 1.29 is 4.42 Å². The van der Waals surface area contributed by atoms with Crippen LogP contribution in [0.3, 0.4) is 0 Å². The van der Waals surface area contributed by atoms with Crippen molar-refractivity contribution in [3.63, 3.8) is 0 Å². The topological polar surface area (TPSA) is 63.8 Å². The first-order chi connectivity index (χ1) is 22.3. The van der Waals surface area contributed by atoms with Crippen molar-refractivity contribution in [2.75, 3.05) is 11.9 Å². The summed E-state index contributed by atoms with van der Waals surface area (Å²) >= 11 is 0. The van der Waals surface area contributed by atoms with Gasteiger partial charge in [0.2, 0.25) is 5.88 Å². The molecule has 2 aromatic heterocycles. The standard InChI is InChI=1S/C40H26N4O/c1-2-11-27(12-3-1)37-42-38(31-19-17-26-10-5-7-14-29(26)24-31)44-39(43-37)33-21-20-32(30-18-16-25-9-4-6-13-28(25)23-30)36-35(33)34-15-8-22-41-40(34)45-36/h1-21,23-24,41H,22H2. The van der Waals surface area contributed by atoms with Gasteiger partial charge in [0, 0.05) is 39.7 Å². The van der Waals surface area contributed by atoms with Crippen molar-refractivity contribution in [1.29, 1.82) is 0 Å². The maximum Gasteiger partial charge on any atom is 0.201 e. The van der Waals surface area contributed by atoms with Crippen LogP contribution in [0.5, 0.6) is 0 Å². The molecule has 3 heterocycles. The maximum absolute atomic E-state index is 6.59. The first-order valence-corrected chi connectivity index (χ1v) is 15.1. The van der Waals surface area contributed by atoms with E-state index in [-0.39, 0.29) is 0 Å². The van der Waals surface area contributed by atoms with Gasteiger partial charge in [0.05, 0.1) is 0 Å². The first kappa shape index (κ1) is 25.4. The molecule has 0 amide bonds. The van der Waals surface area contributed by atoms with Gasteiger partial charge in [-0.25, -0.2) is 15.0 Å². The summed E-state index contributed by atoms with van der Waals surface area (Å²) in [6.07, 6.45) is 4.25. The second kappa shape index (κ2) is 10.3. The highest BCUT2D eigenvalue weighted by Crippen LogP contribution is 2.44. The van der Waals surface area contributed by atoms with E-state index in [9.17, 15) is 0 Å². The molecule has 0 unspecified atom stereocenters. The molecule has 0 spiro atoms. The van der Waals surface area contributed by atoms with Crippen molar-refractivity contribution >= 4 is 44.5 Å². The zero-order valence-electron chi connectivity index (χ0n) is 24.2. The minimum absolute atomic E-state index is 0.602. The highest BCUT2D eigenvalue weighted by Gasteiger charge is 2.24. The van der Waals surface area contributed by atoms with Gasteiger partial charge in [-0.2, -0.15) is 0 Å². The number of fused-ring (bicyclic) bond motifs is 5. The van der Waals surface area contributed by atoms with Crippen LogP contribution in [0, 0.1) is 0 Å². The molecule has 45 heavy (non-hydrogen) atoms. The molecule has 1 aliphatic rings. The Morgan fingerprint density at radius 1 is 0.511 bits per heavy atom. The summed E-state index contributed by atoms with van der Waals surface area (Å²) in [6, 6.07) is 44.0. The van der Waals surface area contributed by atoms with Crippen molar-refractivity contribution in [1.82, 2.24) is 15.0 Å². The van der Waals surface area contributed by atoms with Gasteiger partial charge in [0.25, 0.3) is 0 Å². The van der Waals surface area contributed by atoms with Gasteiger partial charge in [-0.05, 0) is 51.4 Å². The summed E-state index contributed by atoms with van der Waals surface area (Å²) in [5.41, 5.74) is 6.70. The minimum Gasteiger partial charge on any atom is -0.439 e. The van der Waals surface area contributed by atoms with Crippen LogP contribution in [0.1, 0.15) is 5.56 Å². The molecule has 1 N–H and O–H groups in total. The van der Waals surface area contributed by atoms with E-state index in [0.29, 0.717) is 24.0 Å². The molecule has 8 aromatic rings. The van der Waals surface area contributed by atoms with Crippen LogP contribution in [-0.2, 0) is 0 Å². The molecule has 0 atom stereocenters. The summed E-state index contributed by atoms with van der Waals surface area (Å²) in [7, 11) is 0. The lowest BCUT2D eigenvalue weighted by atomic mass is 9.95. The normalized spacial score (nSPS) is 12.4. The van der Waals surface area contributed by atoms with Gasteiger partial charge < -0.3 is 9.73 Å². The predicted octanol–water partition coefficient (Wildman–Crippen LogP) is 10.0. The second-order valence-electron chi connectivity index (χ2n) is 11.3. The molecule has 1 aliphatic heterocycles. The van der Waals surface area contributed by atoms with E-state index in [1.807, 2.05) is 30.3 Å². The molecule has 0 saturated heterocycles. The van der Waals surface area contributed by atoms with Gasteiger partial charge in [-0.1, -0.05) is 115 Å². The summed E-state index contributed by atoms with van der Waals surface area (Å²) in [4.78, 5) is 15.2. The monoisotopic (exact) mass is 578 g/mol. The summed E-state index contributed by atoms with van der Waals surface area (Å²) in [5, 5.41) is 9.11. The molecule has 0 saturated carbocycles. The fourth-order valence-corrected chi connectivity index (χ4v) is 6.29. The van der Waals surface area contributed by atoms with Crippen LogP contribution in [0.4, 0.5) is 5.88 Å². The molecule has 212 valence electrons. The summed E-state index contributed by atoms with van der Waals surface area (Å²) < 4.78 is 6.59. The largest absolute Gasteiger partial charge is 0.439 e. The van der Waals surface area contributed by atoms with Crippen LogP contribution < -0.4 is 5.32 Å². The lowest BCUT2D eigenvalue weighted by Crippen LogP contribution is -2.02. The number of hydrogen-bond acceptors (Lipinski definition) is 5. The maximum atomic E-state index is 6.59.